The van der Waals surface area contributed by atoms with Crippen molar-refractivity contribution in [2.45, 2.75) is 70.8 Å². The van der Waals surface area contributed by atoms with Crippen LogP contribution >= 0.6 is 0 Å². The van der Waals surface area contributed by atoms with Crippen LogP contribution in [-0.4, -0.2) is 35.3 Å². The number of amides is 1. The Morgan fingerprint density at radius 2 is 1.77 bits per heavy atom. The van der Waals surface area contributed by atoms with E-state index in [0.717, 1.165) is 24.5 Å². The molecule has 0 aromatic heterocycles. The summed E-state index contributed by atoms with van der Waals surface area (Å²) < 4.78 is 39.1. The zero-order chi connectivity index (χ0) is 22.4. The summed E-state index contributed by atoms with van der Waals surface area (Å²) in [6.45, 7) is 6.55. The molecule has 1 aliphatic rings. The molecule has 0 radical (unpaired) electrons. The molecule has 0 bridgehead atoms. The lowest BCUT2D eigenvalue weighted by molar-refractivity contribution is -0.0292. The van der Waals surface area contributed by atoms with Gasteiger partial charge in [0.25, 0.3) is 0 Å². The Balaban J connectivity index is 1.74. The Bertz CT molecular complexity index is 847. The first kappa shape index (κ1) is 23.2. The van der Waals surface area contributed by atoms with E-state index >= 15 is 0 Å². The molecule has 0 spiro atoms. The molecule has 6 heteroatoms. The van der Waals surface area contributed by atoms with Crippen molar-refractivity contribution in [3.63, 3.8) is 0 Å². The fourth-order valence-electron chi connectivity index (χ4n) is 3.95. The van der Waals surface area contributed by atoms with Gasteiger partial charge in [-0.3, -0.25) is 0 Å². The van der Waals surface area contributed by atoms with E-state index in [0.29, 0.717) is 31.6 Å². The third kappa shape index (κ3) is 7.03. The Labute approximate surface area is 183 Å². The first-order valence-corrected chi connectivity index (χ1v) is 10.8. The van der Waals surface area contributed by atoms with Crippen molar-refractivity contribution in [3.05, 3.63) is 71.3 Å². The largest absolute Gasteiger partial charge is 0.444 e. The Morgan fingerprint density at radius 1 is 1.10 bits per heavy atom. The number of likely N-dealkylation sites (tertiary alicyclic amines) is 1. The summed E-state index contributed by atoms with van der Waals surface area (Å²) in [6, 6.07) is 13.2. The van der Waals surface area contributed by atoms with Gasteiger partial charge in [0.15, 0.2) is 0 Å². The van der Waals surface area contributed by atoms with Gasteiger partial charge in [-0.05, 0) is 69.7 Å². The SMILES string of the molecule is CC(C)(C)OC(=O)N1CCC[C@H]1[C@H](CCc1cc(F)cc(F)c1)OCc1ccccc1. The lowest BCUT2D eigenvalue weighted by Crippen LogP contribution is -2.46. The van der Waals surface area contributed by atoms with E-state index in [2.05, 4.69) is 0 Å². The molecule has 0 N–H and O–H groups in total. The van der Waals surface area contributed by atoms with Crippen LogP contribution in [0.5, 0.6) is 0 Å². The molecule has 0 saturated carbocycles. The van der Waals surface area contributed by atoms with Gasteiger partial charge in [0, 0.05) is 12.6 Å². The molecule has 168 valence electrons. The van der Waals surface area contributed by atoms with Gasteiger partial charge in [-0.15, -0.1) is 0 Å². The lowest BCUT2D eigenvalue weighted by Gasteiger charge is -2.33. The number of halogens is 2. The van der Waals surface area contributed by atoms with Crippen molar-refractivity contribution in [1.29, 1.82) is 0 Å². The highest BCUT2D eigenvalue weighted by Gasteiger charge is 2.37. The maximum absolute atomic E-state index is 13.6. The molecule has 0 aliphatic carbocycles. The molecule has 2 aromatic rings. The highest BCUT2D eigenvalue weighted by Crippen LogP contribution is 2.28. The summed E-state index contributed by atoms with van der Waals surface area (Å²) in [4.78, 5) is 14.5. The molecular weight excluding hydrogens is 400 g/mol. The number of hydrogen-bond acceptors (Lipinski definition) is 3. The van der Waals surface area contributed by atoms with E-state index in [-0.39, 0.29) is 18.2 Å². The second-order valence-corrected chi connectivity index (χ2v) is 9.03. The normalized spacial score (nSPS) is 17.6. The van der Waals surface area contributed by atoms with E-state index in [1.165, 1.54) is 12.1 Å². The standard InChI is InChI=1S/C25H31F2NO3/c1-25(2,3)31-24(29)28-13-7-10-22(28)23(30-17-18-8-5-4-6-9-18)12-11-19-14-20(26)16-21(27)15-19/h4-6,8-9,14-16,22-23H,7,10-13,17H2,1-3H3/t22-,23-/m0/s1. The first-order valence-electron chi connectivity index (χ1n) is 10.8. The molecule has 31 heavy (non-hydrogen) atoms. The highest BCUT2D eigenvalue weighted by atomic mass is 19.1. The Hall–Kier alpha value is -2.47. The second-order valence-electron chi connectivity index (χ2n) is 9.03. The first-order chi connectivity index (χ1) is 14.7. The number of carbonyl (C=O) groups is 1. The number of benzene rings is 2. The van der Waals surface area contributed by atoms with E-state index < -0.39 is 17.2 Å². The van der Waals surface area contributed by atoms with Crippen molar-refractivity contribution in [2.75, 3.05) is 6.54 Å². The second kappa shape index (κ2) is 10.2. The molecular formula is C25H31F2NO3. The topological polar surface area (TPSA) is 38.8 Å². The van der Waals surface area contributed by atoms with Crippen molar-refractivity contribution in [1.82, 2.24) is 4.90 Å². The number of carbonyl (C=O) groups excluding carboxylic acids is 1. The summed E-state index contributed by atoms with van der Waals surface area (Å²) in [5.74, 6) is -1.18. The average molecular weight is 432 g/mol. The maximum Gasteiger partial charge on any atom is 0.410 e. The zero-order valence-corrected chi connectivity index (χ0v) is 18.4. The van der Waals surface area contributed by atoms with Crippen LogP contribution in [0.4, 0.5) is 13.6 Å². The molecule has 4 nitrogen and oxygen atoms in total. The molecule has 1 fully saturated rings. The summed E-state index contributed by atoms with van der Waals surface area (Å²) in [5.41, 5.74) is 1.03. The minimum atomic E-state index is -0.590. The summed E-state index contributed by atoms with van der Waals surface area (Å²) in [6.07, 6.45) is 2.04. The number of hydrogen-bond donors (Lipinski definition) is 0. The third-order valence-corrected chi connectivity index (χ3v) is 5.30. The van der Waals surface area contributed by atoms with E-state index in [4.69, 9.17) is 9.47 Å². The summed E-state index contributed by atoms with van der Waals surface area (Å²) in [5, 5.41) is 0. The van der Waals surface area contributed by atoms with Gasteiger partial charge < -0.3 is 14.4 Å². The Kier molecular flexibility index (Phi) is 7.65. The van der Waals surface area contributed by atoms with Gasteiger partial charge in [0.2, 0.25) is 0 Å². The summed E-state index contributed by atoms with van der Waals surface area (Å²) >= 11 is 0. The van der Waals surface area contributed by atoms with Gasteiger partial charge in [-0.1, -0.05) is 30.3 Å². The van der Waals surface area contributed by atoms with Gasteiger partial charge in [0.1, 0.15) is 17.2 Å². The van der Waals surface area contributed by atoms with Gasteiger partial charge in [-0.25, -0.2) is 13.6 Å². The number of nitrogens with zero attached hydrogens (tertiary/aromatic N) is 1. The molecule has 1 amide bonds. The van der Waals surface area contributed by atoms with Crippen molar-refractivity contribution >= 4 is 6.09 Å². The fourth-order valence-corrected chi connectivity index (χ4v) is 3.95. The number of aryl methyl sites for hydroxylation is 1. The third-order valence-electron chi connectivity index (χ3n) is 5.30. The molecule has 1 aliphatic heterocycles. The Morgan fingerprint density at radius 3 is 2.42 bits per heavy atom. The van der Waals surface area contributed by atoms with Gasteiger partial charge >= 0.3 is 6.09 Å². The molecule has 1 saturated heterocycles. The van der Waals surface area contributed by atoms with Crippen molar-refractivity contribution in [3.8, 4) is 0 Å². The monoisotopic (exact) mass is 431 g/mol. The average Bonchev–Trinajstić information content (AvgIpc) is 3.17. The van der Waals surface area contributed by atoms with Gasteiger partial charge in [0.05, 0.1) is 18.8 Å². The van der Waals surface area contributed by atoms with Crippen molar-refractivity contribution < 1.29 is 23.0 Å². The van der Waals surface area contributed by atoms with Crippen LogP contribution in [0.2, 0.25) is 0 Å². The molecule has 2 aromatic carbocycles. The number of rotatable bonds is 7. The van der Waals surface area contributed by atoms with Crippen LogP contribution in [0.25, 0.3) is 0 Å². The predicted molar refractivity (Wildman–Crippen MR) is 116 cm³/mol. The minimum Gasteiger partial charge on any atom is -0.444 e. The lowest BCUT2D eigenvalue weighted by atomic mass is 9.99. The minimum absolute atomic E-state index is 0.142. The van der Waals surface area contributed by atoms with Crippen LogP contribution in [0.1, 0.15) is 51.2 Å². The van der Waals surface area contributed by atoms with Crippen LogP contribution in [0, 0.1) is 11.6 Å². The van der Waals surface area contributed by atoms with Crippen LogP contribution < -0.4 is 0 Å². The molecule has 2 atom stereocenters. The smallest absolute Gasteiger partial charge is 0.410 e. The van der Waals surface area contributed by atoms with Crippen LogP contribution in [0.3, 0.4) is 0 Å². The number of ether oxygens (including phenoxy) is 2. The predicted octanol–water partition coefficient (Wildman–Crippen LogP) is 5.88. The molecule has 1 heterocycles. The van der Waals surface area contributed by atoms with E-state index in [1.54, 1.807) is 4.90 Å². The van der Waals surface area contributed by atoms with E-state index in [1.807, 2.05) is 51.1 Å². The zero-order valence-electron chi connectivity index (χ0n) is 18.4. The van der Waals surface area contributed by atoms with Gasteiger partial charge in [-0.2, -0.15) is 0 Å². The quantitative estimate of drug-likeness (QED) is 0.549. The van der Waals surface area contributed by atoms with Crippen molar-refractivity contribution in [2.24, 2.45) is 0 Å². The van der Waals surface area contributed by atoms with E-state index in [9.17, 15) is 13.6 Å². The molecule has 3 rings (SSSR count). The van der Waals surface area contributed by atoms with Crippen LogP contribution in [0.15, 0.2) is 48.5 Å². The maximum atomic E-state index is 13.6. The van der Waals surface area contributed by atoms with Crippen LogP contribution in [-0.2, 0) is 22.5 Å². The molecule has 0 unspecified atom stereocenters. The fraction of sp³-hybridized carbons (Fsp3) is 0.480. The summed E-state index contributed by atoms with van der Waals surface area (Å²) in [7, 11) is 0. The highest BCUT2D eigenvalue weighted by molar-refractivity contribution is 5.69.